The molecule has 0 bridgehead atoms. The predicted octanol–water partition coefficient (Wildman–Crippen LogP) is 1.27. The minimum absolute atomic E-state index is 0.0928. The minimum Gasteiger partial charge on any atom is -0.265 e. The molecule has 3 nitrogen and oxygen atoms in total. The van der Waals surface area contributed by atoms with Gasteiger partial charge in [0.1, 0.15) is 0 Å². The van der Waals surface area contributed by atoms with Crippen molar-refractivity contribution in [2.45, 2.75) is 19.3 Å². The zero-order valence-corrected chi connectivity index (χ0v) is 4.80. The van der Waals surface area contributed by atoms with Crippen LogP contribution in [0.15, 0.2) is 0 Å². The summed E-state index contributed by atoms with van der Waals surface area (Å²) in [6, 6.07) is 0. The summed E-state index contributed by atoms with van der Waals surface area (Å²) in [6.07, 6.45) is 2.32. The number of nitrogens with zero attached hydrogens (tertiary/aromatic N) is 1. The van der Waals surface area contributed by atoms with Gasteiger partial charge < -0.3 is 0 Å². The highest BCUT2D eigenvalue weighted by molar-refractivity contribution is 4.40. The van der Waals surface area contributed by atoms with Crippen molar-refractivity contribution in [3.05, 3.63) is 17.0 Å². The Morgan fingerprint density at radius 3 is 2.50 bits per heavy atom. The fraction of sp³-hybridized carbons (Fsp3) is 0.800. The summed E-state index contributed by atoms with van der Waals surface area (Å²) in [5.41, 5.74) is 0. The van der Waals surface area contributed by atoms with E-state index in [1.165, 1.54) is 0 Å². The summed E-state index contributed by atoms with van der Waals surface area (Å²) < 4.78 is 0. The Labute approximate surface area is 48.9 Å². The van der Waals surface area contributed by atoms with Crippen LogP contribution in [0.2, 0.25) is 0 Å². The van der Waals surface area contributed by atoms with E-state index < -0.39 is 0 Å². The van der Waals surface area contributed by atoms with Gasteiger partial charge >= 0.3 is 0 Å². The summed E-state index contributed by atoms with van der Waals surface area (Å²) in [5, 5.41) is 9.66. The molecule has 0 amide bonds. The fourth-order valence-electron chi connectivity index (χ4n) is 0.418. The molecule has 47 valence electrons. The zero-order valence-electron chi connectivity index (χ0n) is 4.80. The van der Waals surface area contributed by atoms with E-state index in [0.29, 0.717) is 6.42 Å². The van der Waals surface area contributed by atoms with Crippen molar-refractivity contribution in [2.75, 3.05) is 6.54 Å². The summed E-state index contributed by atoms with van der Waals surface area (Å²) in [5.74, 6) is 0. The molecule has 0 unspecified atom stereocenters. The number of hydrogen-bond donors (Lipinski definition) is 0. The average molecular weight is 116 g/mol. The van der Waals surface area contributed by atoms with E-state index in [2.05, 4.69) is 6.92 Å². The smallest absolute Gasteiger partial charge is 0.203 e. The molecular weight excluding hydrogens is 106 g/mol. The zero-order chi connectivity index (χ0) is 6.41. The molecule has 0 aliphatic carbocycles. The SMILES string of the molecule is [CH2]CCCC[N+](=O)[O-]. The van der Waals surface area contributed by atoms with Crippen LogP contribution in [0.5, 0.6) is 0 Å². The standard InChI is InChI=1S/C5H10NO2/c1-2-3-4-5-6(7)8/h1-5H2. The predicted molar refractivity (Wildman–Crippen MR) is 31.1 cm³/mol. The Bertz CT molecular complexity index is 72.8. The first-order chi connectivity index (χ1) is 3.77. The van der Waals surface area contributed by atoms with Crippen LogP contribution in [0.1, 0.15) is 19.3 Å². The van der Waals surface area contributed by atoms with Crippen LogP contribution in [0.3, 0.4) is 0 Å². The first-order valence-corrected chi connectivity index (χ1v) is 2.68. The maximum atomic E-state index is 9.66. The number of nitro groups is 1. The number of rotatable bonds is 4. The van der Waals surface area contributed by atoms with Gasteiger partial charge in [-0.05, 0) is 6.42 Å². The van der Waals surface area contributed by atoms with E-state index >= 15 is 0 Å². The maximum absolute atomic E-state index is 9.66. The molecule has 0 aliphatic heterocycles. The van der Waals surface area contributed by atoms with Gasteiger partial charge in [0.25, 0.3) is 0 Å². The molecule has 0 aromatic rings. The molecule has 3 heteroatoms. The van der Waals surface area contributed by atoms with Gasteiger partial charge in [-0.15, -0.1) is 0 Å². The molecule has 0 aromatic carbocycles. The van der Waals surface area contributed by atoms with Gasteiger partial charge in [-0.2, -0.15) is 0 Å². The normalized spacial score (nSPS) is 9.12. The lowest BCUT2D eigenvalue weighted by atomic mass is 10.3. The molecule has 0 saturated carbocycles. The van der Waals surface area contributed by atoms with Crippen LogP contribution >= 0.6 is 0 Å². The lowest BCUT2D eigenvalue weighted by Gasteiger charge is -1.88. The Hall–Kier alpha value is -0.600. The second-order valence-corrected chi connectivity index (χ2v) is 1.62. The van der Waals surface area contributed by atoms with Crippen molar-refractivity contribution in [1.29, 1.82) is 0 Å². The quantitative estimate of drug-likeness (QED) is 0.315. The third-order valence-electron chi connectivity index (χ3n) is 0.841. The lowest BCUT2D eigenvalue weighted by Crippen LogP contribution is -1.99. The van der Waals surface area contributed by atoms with Gasteiger partial charge in [-0.1, -0.05) is 13.3 Å². The summed E-state index contributed by atoms with van der Waals surface area (Å²) in [6.45, 7) is 3.65. The minimum atomic E-state index is -0.296. The average Bonchev–Trinajstić information content (AvgIpc) is 1.66. The van der Waals surface area contributed by atoms with Gasteiger partial charge in [0.05, 0.1) is 0 Å². The van der Waals surface area contributed by atoms with Gasteiger partial charge in [0.15, 0.2) is 0 Å². The highest BCUT2D eigenvalue weighted by Crippen LogP contribution is 1.91. The molecule has 1 radical (unpaired) electrons. The van der Waals surface area contributed by atoms with Gasteiger partial charge in [-0.3, -0.25) is 10.1 Å². The van der Waals surface area contributed by atoms with Crippen molar-refractivity contribution < 1.29 is 4.92 Å². The van der Waals surface area contributed by atoms with E-state index in [-0.39, 0.29) is 11.5 Å². The van der Waals surface area contributed by atoms with Crippen LogP contribution in [-0.2, 0) is 0 Å². The maximum Gasteiger partial charge on any atom is 0.203 e. The second kappa shape index (κ2) is 4.56. The summed E-state index contributed by atoms with van der Waals surface area (Å²) in [4.78, 5) is 9.36. The molecule has 8 heavy (non-hydrogen) atoms. The van der Waals surface area contributed by atoms with Gasteiger partial charge in [0.2, 0.25) is 6.54 Å². The lowest BCUT2D eigenvalue weighted by molar-refractivity contribution is -0.480. The van der Waals surface area contributed by atoms with Gasteiger partial charge in [0, 0.05) is 11.3 Å². The van der Waals surface area contributed by atoms with E-state index in [0.717, 1.165) is 12.8 Å². The highest BCUT2D eigenvalue weighted by Gasteiger charge is 1.92. The third-order valence-corrected chi connectivity index (χ3v) is 0.841. The Balaban J connectivity index is 2.82. The van der Waals surface area contributed by atoms with Crippen LogP contribution in [0, 0.1) is 17.0 Å². The van der Waals surface area contributed by atoms with Gasteiger partial charge in [-0.25, -0.2) is 0 Å². The molecule has 0 rings (SSSR count). The van der Waals surface area contributed by atoms with E-state index in [4.69, 9.17) is 0 Å². The van der Waals surface area contributed by atoms with Crippen LogP contribution < -0.4 is 0 Å². The molecular formula is C5H10NO2. The van der Waals surface area contributed by atoms with Crippen LogP contribution in [0.4, 0.5) is 0 Å². The number of hydrogen-bond acceptors (Lipinski definition) is 2. The first kappa shape index (κ1) is 7.40. The molecule has 0 N–H and O–H groups in total. The molecule has 0 aromatic heterocycles. The summed E-state index contributed by atoms with van der Waals surface area (Å²) >= 11 is 0. The van der Waals surface area contributed by atoms with E-state index in [1.807, 2.05) is 0 Å². The summed E-state index contributed by atoms with van der Waals surface area (Å²) in [7, 11) is 0. The Morgan fingerprint density at radius 2 is 2.12 bits per heavy atom. The molecule has 0 spiro atoms. The van der Waals surface area contributed by atoms with Crippen LogP contribution in [0.25, 0.3) is 0 Å². The Morgan fingerprint density at radius 1 is 1.50 bits per heavy atom. The first-order valence-electron chi connectivity index (χ1n) is 2.68. The molecule has 0 heterocycles. The fourth-order valence-corrected chi connectivity index (χ4v) is 0.418. The van der Waals surface area contributed by atoms with Crippen molar-refractivity contribution in [3.8, 4) is 0 Å². The largest absolute Gasteiger partial charge is 0.265 e. The third kappa shape index (κ3) is 5.40. The molecule has 0 atom stereocenters. The molecule has 0 aliphatic rings. The second-order valence-electron chi connectivity index (χ2n) is 1.62. The topological polar surface area (TPSA) is 43.1 Å². The van der Waals surface area contributed by atoms with E-state index in [1.54, 1.807) is 0 Å². The van der Waals surface area contributed by atoms with Crippen molar-refractivity contribution >= 4 is 0 Å². The van der Waals surface area contributed by atoms with Crippen LogP contribution in [-0.4, -0.2) is 11.5 Å². The van der Waals surface area contributed by atoms with Crippen molar-refractivity contribution in [2.24, 2.45) is 0 Å². The highest BCUT2D eigenvalue weighted by atomic mass is 16.6. The monoisotopic (exact) mass is 116 g/mol. The molecule has 0 fully saturated rings. The van der Waals surface area contributed by atoms with Crippen molar-refractivity contribution in [3.63, 3.8) is 0 Å². The molecule has 0 saturated heterocycles. The Kier molecular flexibility index (Phi) is 4.21. The number of unbranched alkanes of at least 4 members (excludes halogenated alkanes) is 2. The van der Waals surface area contributed by atoms with Crippen molar-refractivity contribution in [1.82, 2.24) is 0 Å². The van der Waals surface area contributed by atoms with E-state index in [9.17, 15) is 10.1 Å².